The molecule has 0 bridgehead atoms. The van der Waals surface area contributed by atoms with Crippen LogP contribution in [0.2, 0.25) is 0 Å². The van der Waals surface area contributed by atoms with Crippen LogP contribution in [0.25, 0.3) is 0 Å². The van der Waals surface area contributed by atoms with E-state index in [1.165, 1.54) is 6.26 Å². The van der Waals surface area contributed by atoms with E-state index in [1.54, 1.807) is 0 Å². The highest BCUT2D eigenvalue weighted by molar-refractivity contribution is 5.80. The number of carbonyl (C=O) groups excluding carboxylic acids is 2. The first kappa shape index (κ1) is 7.59. The SMILES string of the molecule is NC(=O)CC1=COOC(=O)C1. The van der Waals surface area contributed by atoms with Crippen molar-refractivity contribution in [3.8, 4) is 0 Å². The van der Waals surface area contributed by atoms with E-state index in [4.69, 9.17) is 5.73 Å². The molecule has 60 valence electrons. The Morgan fingerprint density at radius 1 is 1.73 bits per heavy atom. The second-order valence-corrected chi connectivity index (χ2v) is 2.15. The van der Waals surface area contributed by atoms with Gasteiger partial charge in [-0.05, 0) is 5.57 Å². The average Bonchev–Trinajstić information content (AvgIpc) is 1.85. The number of primary amides is 1. The van der Waals surface area contributed by atoms with Crippen molar-refractivity contribution >= 4 is 11.9 Å². The topological polar surface area (TPSA) is 78.6 Å². The standard InChI is InChI=1S/C6H7NO4/c7-5(8)1-4-2-6(9)11-10-3-4/h3H,1-2H2,(H2,7,8). The Balaban J connectivity index is 2.51. The molecule has 0 aliphatic carbocycles. The van der Waals surface area contributed by atoms with Crippen LogP contribution in [0.5, 0.6) is 0 Å². The molecule has 1 amide bonds. The van der Waals surface area contributed by atoms with Crippen LogP contribution in [0.1, 0.15) is 12.8 Å². The first-order valence-corrected chi connectivity index (χ1v) is 3.01. The van der Waals surface area contributed by atoms with E-state index in [1.807, 2.05) is 0 Å². The van der Waals surface area contributed by atoms with Crippen LogP contribution in [0.4, 0.5) is 0 Å². The van der Waals surface area contributed by atoms with Gasteiger partial charge in [-0.25, -0.2) is 4.79 Å². The van der Waals surface area contributed by atoms with Crippen LogP contribution in [0, 0.1) is 0 Å². The van der Waals surface area contributed by atoms with Crippen molar-refractivity contribution in [3.05, 3.63) is 11.8 Å². The van der Waals surface area contributed by atoms with Crippen molar-refractivity contribution < 1.29 is 19.4 Å². The van der Waals surface area contributed by atoms with Gasteiger partial charge in [-0.3, -0.25) is 14.6 Å². The lowest BCUT2D eigenvalue weighted by Crippen LogP contribution is -2.16. The fourth-order valence-corrected chi connectivity index (χ4v) is 0.730. The minimum atomic E-state index is -0.510. The number of carbonyl (C=O) groups is 2. The molecule has 0 radical (unpaired) electrons. The molecule has 5 nitrogen and oxygen atoms in total. The molecule has 1 aliphatic rings. The minimum absolute atomic E-state index is 0.0368. The molecule has 1 aliphatic heterocycles. The zero-order valence-electron chi connectivity index (χ0n) is 5.70. The van der Waals surface area contributed by atoms with Crippen molar-refractivity contribution in [2.24, 2.45) is 5.73 Å². The van der Waals surface area contributed by atoms with Crippen LogP contribution >= 0.6 is 0 Å². The van der Waals surface area contributed by atoms with E-state index >= 15 is 0 Å². The quantitative estimate of drug-likeness (QED) is 0.554. The Morgan fingerprint density at radius 3 is 3.00 bits per heavy atom. The van der Waals surface area contributed by atoms with E-state index in [9.17, 15) is 9.59 Å². The van der Waals surface area contributed by atoms with Crippen LogP contribution < -0.4 is 5.73 Å². The number of rotatable bonds is 2. The monoisotopic (exact) mass is 157 g/mol. The predicted molar refractivity (Wildman–Crippen MR) is 33.7 cm³/mol. The maximum Gasteiger partial charge on any atom is 0.359 e. The third-order valence-corrected chi connectivity index (χ3v) is 1.13. The van der Waals surface area contributed by atoms with Gasteiger partial charge in [-0.1, -0.05) is 0 Å². The molecule has 0 aromatic carbocycles. The summed E-state index contributed by atoms with van der Waals surface area (Å²) >= 11 is 0. The molecule has 0 fully saturated rings. The average molecular weight is 157 g/mol. The molecule has 1 rings (SSSR count). The molecule has 0 aromatic heterocycles. The molecular formula is C6H7NO4. The van der Waals surface area contributed by atoms with Crippen molar-refractivity contribution in [2.45, 2.75) is 12.8 Å². The van der Waals surface area contributed by atoms with Crippen molar-refractivity contribution in [1.29, 1.82) is 0 Å². The summed E-state index contributed by atoms with van der Waals surface area (Å²) in [4.78, 5) is 29.3. The third-order valence-electron chi connectivity index (χ3n) is 1.13. The van der Waals surface area contributed by atoms with Crippen molar-refractivity contribution in [1.82, 2.24) is 0 Å². The fraction of sp³-hybridized carbons (Fsp3) is 0.333. The first-order valence-electron chi connectivity index (χ1n) is 3.01. The van der Waals surface area contributed by atoms with Gasteiger partial charge in [0.25, 0.3) is 0 Å². The van der Waals surface area contributed by atoms with Gasteiger partial charge in [0.1, 0.15) is 6.26 Å². The maximum atomic E-state index is 10.5. The first-order chi connectivity index (χ1) is 5.18. The van der Waals surface area contributed by atoms with Gasteiger partial charge in [0, 0.05) is 0 Å². The summed E-state index contributed by atoms with van der Waals surface area (Å²) in [5, 5.41) is 0. The van der Waals surface area contributed by atoms with Gasteiger partial charge in [-0.2, -0.15) is 0 Å². The second-order valence-electron chi connectivity index (χ2n) is 2.15. The highest BCUT2D eigenvalue weighted by Crippen LogP contribution is 2.12. The molecular weight excluding hydrogens is 150 g/mol. The van der Waals surface area contributed by atoms with Crippen molar-refractivity contribution in [2.75, 3.05) is 0 Å². The number of hydrogen-bond donors (Lipinski definition) is 1. The minimum Gasteiger partial charge on any atom is -0.369 e. The summed E-state index contributed by atoms with van der Waals surface area (Å²) in [7, 11) is 0. The van der Waals surface area contributed by atoms with Crippen LogP contribution in [0.3, 0.4) is 0 Å². The molecule has 0 atom stereocenters. The summed E-state index contributed by atoms with van der Waals surface area (Å²) in [6.45, 7) is 0. The number of nitrogens with two attached hydrogens (primary N) is 1. The van der Waals surface area contributed by atoms with E-state index in [-0.39, 0.29) is 12.8 Å². The fourth-order valence-electron chi connectivity index (χ4n) is 0.730. The number of hydrogen-bond acceptors (Lipinski definition) is 4. The molecule has 0 aromatic rings. The predicted octanol–water partition coefficient (Wildman–Crippen LogP) is -0.376. The normalized spacial score (nSPS) is 16.4. The van der Waals surface area contributed by atoms with Crippen LogP contribution in [-0.2, 0) is 19.4 Å². The van der Waals surface area contributed by atoms with Gasteiger partial charge in [0.05, 0.1) is 12.8 Å². The summed E-state index contributed by atoms with van der Waals surface area (Å²) in [6.07, 6.45) is 1.32. The van der Waals surface area contributed by atoms with E-state index < -0.39 is 11.9 Å². The lowest BCUT2D eigenvalue weighted by Gasteiger charge is -2.09. The Labute approximate surface area is 62.7 Å². The lowest BCUT2D eigenvalue weighted by atomic mass is 10.1. The summed E-state index contributed by atoms with van der Waals surface area (Å²) < 4.78 is 0. The van der Waals surface area contributed by atoms with Gasteiger partial charge >= 0.3 is 5.97 Å². The maximum absolute atomic E-state index is 10.5. The molecule has 2 N–H and O–H groups in total. The molecule has 0 saturated heterocycles. The zero-order valence-corrected chi connectivity index (χ0v) is 5.70. The Hall–Kier alpha value is -1.52. The van der Waals surface area contributed by atoms with Crippen LogP contribution in [-0.4, -0.2) is 11.9 Å². The number of amides is 1. The molecule has 11 heavy (non-hydrogen) atoms. The molecule has 0 saturated carbocycles. The molecule has 0 unspecified atom stereocenters. The molecule has 5 heteroatoms. The summed E-state index contributed by atoms with van der Waals surface area (Å²) in [5.41, 5.74) is 5.42. The van der Waals surface area contributed by atoms with Gasteiger partial charge in [-0.15, -0.1) is 0 Å². The van der Waals surface area contributed by atoms with Crippen molar-refractivity contribution in [3.63, 3.8) is 0 Å². The van der Waals surface area contributed by atoms with Gasteiger partial charge < -0.3 is 5.73 Å². The van der Waals surface area contributed by atoms with Crippen LogP contribution in [0.15, 0.2) is 11.8 Å². The Bertz CT molecular complexity index is 221. The van der Waals surface area contributed by atoms with E-state index in [0.717, 1.165) is 0 Å². The summed E-state index contributed by atoms with van der Waals surface area (Å²) in [5.74, 6) is -1.00. The largest absolute Gasteiger partial charge is 0.369 e. The Morgan fingerprint density at radius 2 is 2.45 bits per heavy atom. The third kappa shape index (κ3) is 2.29. The van der Waals surface area contributed by atoms with E-state index in [0.29, 0.717) is 5.57 Å². The zero-order chi connectivity index (χ0) is 8.27. The highest BCUT2D eigenvalue weighted by Gasteiger charge is 2.15. The lowest BCUT2D eigenvalue weighted by molar-refractivity contribution is -0.243. The van der Waals surface area contributed by atoms with E-state index in [2.05, 4.69) is 9.78 Å². The van der Waals surface area contributed by atoms with Gasteiger partial charge in [0.2, 0.25) is 5.91 Å². The molecule has 0 spiro atoms. The second kappa shape index (κ2) is 3.05. The smallest absolute Gasteiger partial charge is 0.359 e. The summed E-state index contributed by atoms with van der Waals surface area (Å²) in [6, 6.07) is 0. The van der Waals surface area contributed by atoms with Gasteiger partial charge in [0.15, 0.2) is 0 Å². The Kier molecular flexibility index (Phi) is 2.10. The molecule has 1 heterocycles. The highest BCUT2D eigenvalue weighted by atomic mass is 17.2.